The lowest BCUT2D eigenvalue weighted by molar-refractivity contribution is -0.137. The fourth-order valence-corrected chi connectivity index (χ4v) is 1.64. The third-order valence-electron chi connectivity index (χ3n) is 2.36. The van der Waals surface area contributed by atoms with Crippen molar-refractivity contribution in [2.45, 2.75) is 44.9 Å². The average molecular weight is 187 g/mol. The van der Waals surface area contributed by atoms with Crippen molar-refractivity contribution < 1.29 is 14.6 Å². The van der Waals surface area contributed by atoms with Crippen LogP contribution in [0.1, 0.15) is 26.7 Å². The standard InChI is InChI=1S/C9H17NO3/c1-6(5-9(11)12)10-8-3-4-13-7(8)2/h6-8,10H,3-5H2,1-2H3,(H,11,12). The Bertz CT molecular complexity index is 184. The molecule has 1 rings (SSSR count). The van der Waals surface area contributed by atoms with Crippen LogP contribution in [0.15, 0.2) is 0 Å². The van der Waals surface area contributed by atoms with Crippen molar-refractivity contribution >= 4 is 5.97 Å². The first-order valence-corrected chi connectivity index (χ1v) is 4.69. The van der Waals surface area contributed by atoms with E-state index in [0.717, 1.165) is 13.0 Å². The SMILES string of the molecule is CC(CC(=O)O)NC1CCOC1C. The van der Waals surface area contributed by atoms with Gasteiger partial charge in [-0.2, -0.15) is 0 Å². The van der Waals surface area contributed by atoms with Gasteiger partial charge in [-0.3, -0.25) is 4.79 Å². The Balaban J connectivity index is 2.26. The predicted octanol–water partition coefficient (Wildman–Crippen LogP) is 0.617. The maximum Gasteiger partial charge on any atom is 0.304 e. The van der Waals surface area contributed by atoms with Crippen molar-refractivity contribution in [3.05, 3.63) is 0 Å². The summed E-state index contributed by atoms with van der Waals surface area (Å²) >= 11 is 0. The molecule has 4 heteroatoms. The normalized spacial score (nSPS) is 30.3. The summed E-state index contributed by atoms with van der Waals surface area (Å²) in [5.74, 6) is -0.758. The second-order valence-corrected chi connectivity index (χ2v) is 3.64. The third-order valence-corrected chi connectivity index (χ3v) is 2.36. The summed E-state index contributed by atoms with van der Waals surface area (Å²) in [4.78, 5) is 10.4. The van der Waals surface area contributed by atoms with Gasteiger partial charge in [-0.05, 0) is 20.3 Å². The van der Waals surface area contributed by atoms with Crippen molar-refractivity contribution in [1.82, 2.24) is 5.32 Å². The van der Waals surface area contributed by atoms with Gasteiger partial charge >= 0.3 is 5.97 Å². The van der Waals surface area contributed by atoms with Gasteiger partial charge in [0.1, 0.15) is 0 Å². The van der Waals surface area contributed by atoms with Crippen molar-refractivity contribution in [1.29, 1.82) is 0 Å². The highest BCUT2D eigenvalue weighted by molar-refractivity contribution is 5.67. The van der Waals surface area contributed by atoms with Gasteiger partial charge in [-0.15, -0.1) is 0 Å². The van der Waals surface area contributed by atoms with E-state index in [1.54, 1.807) is 0 Å². The van der Waals surface area contributed by atoms with E-state index in [9.17, 15) is 4.79 Å². The molecule has 0 aromatic heterocycles. The predicted molar refractivity (Wildman–Crippen MR) is 48.7 cm³/mol. The molecule has 0 amide bonds. The van der Waals surface area contributed by atoms with Crippen LogP contribution >= 0.6 is 0 Å². The molecular weight excluding hydrogens is 170 g/mol. The molecule has 0 aliphatic carbocycles. The van der Waals surface area contributed by atoms with E-state index < -0.39 is 5.97 Å². The Hall–Kier alpha value is -0.610. The number of aliphatic carboxylic acids is 1. The first-order valence-electron chi connectivity index (χ1n) is 4.69. The minimum Gasteiger partial charge on any atom is -0.481 e. The minimum atomic E-state index is -0.758. The van der Waals surface area contributed by atoms with Gasteiger partial charge in [0.25, 0.3) is 0 Å². The molecule has 4 nitrogen and oxygen atoms in total. The van der Waals surface area contributed by atoms with Crippen molar-refractivity contribution in [2.75, 3.05) is 6.61 Å². The summed E-state index contributed by atoms with van der Waals surface area (Å²) in [7, 11) is 0. The Labute approximate surface area is 78.3 Å². The molecule has 1 heterocycles. The Morgan fingerprint density at radius 1 is 1.77 bits per heavy atom. The lowest BCUT2D eigenvalue weighted by atomic mass is 10.1. The van der Waals surface area contributed by atoms with Gasteiger partial charge in [0, 0.05) is 18.7 Å². The van der Waals surface area contributed by atoms with Crippen LogP contribution in [-0.2, 0) is 9.53 Å². The number of rotatable bonds is 4. The van der Waals surface area contributed by atoms with Gasteiger partial charge in [-0.25, -0.2) is 0 Å². The van der Waals surface area contributed by atoms with Crippen molar-refractivity contribution in [3.8, 4) is 0 Å². The van der Waals surface area contributed by atoms with Gasteiger partial charge < -0.3 is 15.2 Å². The van der Waals surface area contributed by atoms with Crippen LogP contribution in [0.25, 0.3) is 0 Å². The Morgan fingerprint density at radius 2 is 2.46 bits per heavy atom. The first kappa shape index (κ1) is 10.5. The van der Waals surface area contributed by atoms with Gasteiger partial charge in [-0.1, -0.05) is 0 Å². The number of ether oxygens (including phenoxy) is 1. The molecule has 2 N–H and O–H groups in total. The fraction of sp³-hybridized carbons (Fsp3) is 0.889. The number of nitrogens with one attached hydrogen (secondary N) is 1. The third kappa shape index (κ3) is 3.32. The maximum atomic E-state index is 10.4. The van der Waals surface area contributed by atoms with Crippen molar-refractivity contribution in [3.63, 3.8) is 0 Å². The zero-order valence-electron chi connectivity index (χ0n) is 8.12. The number of hydrogen-bond donors (Lipinski definition) is 2. The molecule has 1 aliphatic rings. The molecule has 0 aromatic rings. The molecule has 1 saturated heterocycles. The minimum absolute atomic E-state index is 0.0200. The van der Waals surface area contributed by atoms with Crippen molar-refractivity contribution in [2.24, 2.45) is 0 Å². The summed E-state index contributed by atoms with van der Waals surface area (Å²) < 4.78 is 5.36. The van der Waals surface area contributed by atoms with Gasteiger partial charge in [0.2, 0.25) is 0 Å². The van der Waals surface area contributed by atoms with Gasteiger partial charge in [0.05, 0.1) is 12.5 Å². The monoisotopic (exact) mass is 187 g/mol. The zero-order valence-corrected chi connectivity index (χ0v) is 8.12. The summed E-state index contributed by atoms with van der Waals surface area (Å²) in [6, 6.07) is 0.334. The molecule has 0 radical (unpaired) electrons. The molecule has 0 bridgehead atoms. The Kier molecular flexibility index (Phi) is 3.69. The fourth-order valence-electron chi connectivity index (χ4n) is 1.64. The molecule has 3 unspecified atom stereocenters. The average Bonchev–Trinajstić information content (AvgIpc) is 2.34. The largest absolute Gasteiger partial charge is 0.481 e. The highest BCUT2D eigenvalue weighted by Gasteiger charge is 2.25. The van der Waals surface area contributed by atoms with Crippen LogP contribution in [0.5, 0.6) is 0 Å². The molecular formula is C9H17NO3. The lowest BCUT2D eigenvalue weighted by Crippen LogP contribution is -2.41. The maximum absolute atomic E-state index is 10.4. The summed E-state index contributed by atoms with van der Waals surface area (Å²) in [5, 5.41) is 11.8. The first-order chi connectivity index (χ1) is 6.09. The number of carboxylic acid groups (broad SMARTS) is 1. The summed E-state index contributed by atoms with van der Waals surface area (Å²) in [5.41, 5.74) is 0. The Morgan fingerprint density at radius 3 is 2.92 bits per heavy atom. The number of carbonyl (C=O) groups is 1. The van der Waals surface area contributed by atoms with E-state index in [4.69, 9.17) is 9.84 Å². The highest BCUT2D eigenvalue weighted by Crippen LogP contribution is 2.13. The second kappa shape index (κ2) is 4.58. The van der Waals surface area contributed by atoms with E-state index in [-0.39, 0.29) is 18.6 Å². The van der Waals surface area contributed by atoms with E-state index in [0.29, 0.717) is 6.04 Å². The number of carboxylic acids is 1. The van der Waals surface area contributed by atoms with Crippen LogP contribution in [0, 0.1) is 0 Å². The van der Waals surface area contributed by atoms with E-state index >= 15 is 0 Å². The van der Waals surface area contributed by atoms with Crippen LogP contribution in [0.4, 0.5) is 0 Å². The second-order valence-electron chi connectivity index (χ2n) is 3.64. The van der Waals surface area contributed by atoms with Crippen LogP contribution in [0.3, 0.4) is 0 Å². The summed E-state index contributed by atoms with van der Waals surface area (Å²) in [6.45, 7) is 4.68. The highest BCUT2D eigenvalue weighted by atomic mass is 16.5. The zero-order chi connectivity index (χ0) is 9.84. The molecule has 1 aliphatic heterocycles. The number of hydrogen-bond acceptors (Lipinski definition) is 3. The van der Waals surface area contributed by atoms with E-state index in [1.165, 1.54) is 0 Å². The molecule has 13 heavy (non-hydrogen) atoms. The summed E-state index contributed by atoms with van der Waals surface area (Å²) in [6.07, 6.45) is 1.35. The van der Waals surface area contributed by atoms with E-state index in [2.05, 4.69) is 5.32 Å². The molecule has 3 atom stereocenters. The molecule has 0 aromatic carbocycles. The van der Waals surface area contributed by atoms with Gasteiger partial charge in [0.15, 0.2) is 0 Å². The van der Waals surface area contributed by atoms with Crippen LogP contribution < -0.4 is 5.32 Å². The topological polar surface area (TPSA) is 58.6 Å². The smallest absolute Gasteiger partial charge is 0.304 e. The molecule has 0 saturated carbocycles. The molecule has 1 fully saturated rings. The van der Waals surface area contributed by atoms with E-state index in [1.807, 2.05) is 13.8 Å². The molecule has 0 spiro atoms. The molecule has 76 valence electrons. The quantitative estimate of drug-likeness (QED) is 0.677. The van der Waals surface area contributed by atoms with Crippen LogP contribution in [-0.4, -0.2) is 35.9 Å². The lowest BCUT2D eigenvalue weighted by Gasteiger charge is -2.20. The van der Waals surface area contributed by atoms with Crippen LogP contribution in [0.2, 0.25) is 0 Å².